The van der Waals surface area contributed by atoms with Gasteiger partial charge in [-0.15, -0.1) is 0 Å². The molecule has 3 rings (SSSR count). The molecule has 1 heterocycles. The summed E-state index contributed by atoms with van der Waals surface area (Å²) in [4.78, 5) is 28.3. The smallest absolute Gasteiger partial charge is 0.325 e. The van der Waals surface area contributed by atoms with Gasteiger partial charge in [0.1, 0.15) is 6.54 Å². The first-order valence-corrected chi connectivity index (χ1v) is 7.65. The number of fused-ring (bicyclic) bond motifs is 1. The van der Waals surface area contributed by atoms with E-state index < -0.39 is 0 Å². The van der Waals surface area contributed by atoms with Crippen molar-refractivity contribution in [3.05, 3.63) is 28.6 Å². The van der Waals surface area contributed by atoms with E-state index in [4.69, 9.17) is 4.74 Å². The van der Waals surface area contributed by atoms with Crippen LogP contribution < -0.4 is 4.80 Å². The average molecular weight is 304 g/mol. The van der Waals surface area contributed by atoms with Gasteiger partial charge in [-0.2, -0.15) is 4.99 Å². The molecular formula is C15H16N2O3S. The summed E-state index contributed by atoms with van der Waals surface area (Å²) in [6, 6.07) is 5.97. The lowest BCUT2D eigenvalue weighted by molar-refractivity contribution is -0.141. The Hall–Kier alpha value is -1.95. The average Bonchev–Trinajstić information content (AvgIpc) is 3.25. The van der Waals surface area contributed by atoms with Gasteiger partial charge < -0.3 is 9.30 Å². The summed E-state index contributed by atoms with van der Waals surface area (Å²) in [5.74, 6) is -0.365. The summed E-state index contributed by atoms with van der Waals surface area (Å²) in [6.45, 7) is 2.08. The topological polar surface area (TPSA) is 60.7 Å². The number of methoxy groups -OCH3 is 1. The van der Waals surface area contributed by atoms with Crippen LogP contribution in [0.1, 0.15) is 18.4 Å². The van der Waals surface area contributed by atoms with Crippen LogP contribution in [-0.4, -0.2) is 23.6 Å². The molecule has 21 heavy (non-hydrogen) atoms. The van der Waals surface area contributed by atoms with Crippen molar-refractivity contribution < 1.29 is 14.3 Å². The molecule has 0 atom stereocenters. The third kappa shape index (κ3) is 2.90. The van der Waals surface area contributed by atoms with Gasteiger partial charge >= 0.3 is 5.97 Å². The lowest BCUT2D eigenvalue weighted by atomic mass is 10.2. The van der Waals surface area contributed by atoms with Crippen LogP contribution in [0, 0.1) is 12.8 Å². The normalized spacial score (nSPS) is 15.4. The number of aryl methyl sites for hydroxylation is 1. The summed E-state index contributed by atoms with van der Waals surface area (Å²) in [6.07, 6.45) is 1.84. The highest BCUT2D eigenvalue weighted by atomic mass is 32.1. The fourth-order valence-corrected chi connectivity index (χ4v) is 3.26. The van der Waals surface area contributed by atoms with E-state index in [0.29, 0.717) is 4.80 Å². The van der Waals surface area contributed by atoms with E-state index in [9.17, 15) is 9.59 Å². The summed E-state index contributed by atoms with van der Waals surface area (Å²) in [5, 5.41) is 0. The van der Waals surface area contributed by atoms with Crippen molar-refractivity contribution in [3.63, 3.8) is 0 Å². The fraction of sp³-hybridized carbons (Fsp3) is 0.400. The summed E-state index contributed by atoms with van der Waals surface area (Å²) >= 11 is 1.43. The van der Waals surface area contributed by atoms with E-state index in [0.717, 1.165) is 28.6 Å². The van der Waals surface area contributed by atoms with Crippen molar-refractivity contribution >= 4 is 33.4 Å². The molecule has 1 aliphatic rings. The number of nitrogens with zero attached hydrogens (tertiary/aromatic N) is 2. The Balaban J connectivity index is 2.14. The Kier molecular flexibility index (Phi) is 3.63. The van der Waals surface area contributed by atoms with E-state index >= 15 is 0 Å². The molecule has 110 valence electrons. The van der Waals surface area contributed by atoms with Gasteiger partial charge in [-0.3, -0.25) is 9.59 Å². The first kappa shape index (κ1) is 14.0. The Morgan fingerprint density at radius 2 is 2.19 bits per heavy atom. The monoisotopic (exact) mass is 304 g/mol. The summed E-state index contributed by atoms with van der Waals surface area (Å²) in [5.41, 5.74) is 2.03. The SMILES string of the molecule is COC(=O)Cn1c(=NC(=O)C2CC2)sc2cc(C)ccc21. The van der Waals surface area contributed by atoms with Gasteiger partial charge in [0.15, 0.2) is 4.80 Å². The molecule has 1 saturated carbocycles. The number of carbonyl (C=O) groups excluding carboxylic acids is 2. The number of thiazole rings is 1. The van der Waals surface area contributed by atoms with Crippen LogP contribution in [0.15, 0.2) is 23.2 Å². The lowest BCUT2D eigenvalue weighted by Crippen LogP contribution is -2.22. The number of ether oxygens (including phenoxy) is 1. The van der Waals surface area contributed by atoms with Gasteiger partial charge in [0, 0.05) is 5.92 Å². The molecule has 1 aromatic carbocycles. The number of amides is 1. The fourth-order valence-electron chi connectivity index (χ4n) is 2.13. The molecular weight excluding hydrogens is 288 g/mol. The molecule has 0 spiro atoms. The van der Waals surface area contributed by atoms with Crippen LogP contribution in [0.4, 0.5) is 0 Å². The number of benzene rings is 1. The molecule has 0 unspecified atom stereocenters. The first-order valence-electron chi connectivity index (χ1n) is 6.84. The van der Waals surface area contributed by atoms with Gasteiger partial charge in [-0.1, -0.05) is 17.4 Å². The molecule has 0 saturated heterocycles. The zero-order valence-corrected chi connectivity index (χ0v) is 12.8. The standard InChI is InChI=1S/C15H16N2O3S/c1-9-3-6-11-12(7-9)21-15(16-14(19)10-4-5-10)17(11)8-13(18)20-2/h3,6-7,10H,4-5,8H2,1-2H3. The Labute approximate surface area is 125 Å². The number of aromatic nitrogens is 1. The van der Waals surface area contributed by atoms with Crippen molar-refractivity contribution in [3.8, 4) is 0 Å². The number of hydrogen-bond donors (Lipinski definition) is 0. The van der Waals surface area contributed by atoms with E-state index in [1.54, 1.807) is 4.57 Å². The number of carbonyl (C=O) groups is 2. The molecule has 2 aromatic rings. The van der Waals surface area contributed by atoms with Crippen LogP contribution in [0.5, 0.6) is 0 Å². The molecule has 5 nitrogen and oxygen atoms in total. The van der Waals surface area contributed by atoms with Gasteiger partial charge in [0.2, 0.25) is 0 Å². The van der Waals surface area contributed by atoms with E-state index in [-0.39, 0.29) is 24.3 Å². The zero-order valence-electron chi connectivity index (χ0n) is 12.0. The Bertz CT molecular complexity index is 784. The molecule has 6 heteroatoms. The van der Waals surface area contributed by atoms with Crippen molar-refractivity contribution in [1.29, 1.82) is 0 Å². The Morgan fingerprint density at radius 1 is 1.43 bits per heavy atom. The van der Waals surface area contributed by atoms with Gasteiger partial charge in [0.25, 0.3) is 5.91 Å². The third-order valence-electron chi connectivity index (χ3n) is 3.49. The minimum absolute atomic E-state index is 0.0658. The van der Waals surface area contributed by atoms with E-state index in [2.05, 4.69) is 4.99 Å². The summed E-state index contributed by atoms with van der Waals surface area (Å²) < 4.78 is 7.50. The van der Waals surface area contributed by atoms with Crippen LogP contribution >= 0.6 is 11.3 Å². The number of esters is 1. The highest BCUT2D eigenvalue weighted by Crippen LogP contribution is 2.30. The minimum Gasteiger partial charge on any atom is -0.468 e. The molecule has 0 bridgehead atoms. The maximum atomic E-state index is 11.9. The second-order valence-corrected chi connectivity index (χ2v) is 6.25. The lowest BCUT2D eigenvalue weighted by Gasteiger charge is -2.03. The summed E-state index contributed by atoms with van der Waals surface area (Å²) in [7, 11) is 1.35. The first-order chi connectivity index (χ1) is 10.1. The highest BCUT2D eigenvalue weighted by Gasteiger charge is 2.29. The highest BCUT2D eigenvalue weighted by molar-refractivity contribution is 7.16. The van der Waals surface area contributed by atoms with Crippen LogP contribution in [0.25, 0.3) is 10.2 Å². The second-order valence-electron chi connectivity index (χ2n) is 5.24. The molecule has 0 aliphatic heterocycles. The molecule has 1 aromatic heterocycles. The van der Waals surface area contributed by atoms with Crippen molar-refractivity contribution in [2.45, 2.75) is 26.3 Å². The number of hydrogen-bond acceptors (Lipinski definition) is 4. The van der Waals surface area contributed by atoms with Crippen LogP contribution in [-0.2, 0) is 20.9 Å². The second kappa shape index (κ2) is 5.44. The number of rotatable bonds is 3. The zero-order chi connectivity index (χ0) is 15.0. The van der Waals surface area contributed by atoms with Gasteiger partial charge in [0.05, 0.1) is 17.3 Å². The molecule has 0 N–H and O–H groups in total. The van der Waals surface area contributed by atoms with Crippen molar-refractivity contribution in [2.24, 2.45) is 10.9 Å². The van der Waals surface area contributed by atoms with Crippen LogP contribution in [0.3, 0.4) is 0 Å². The van der Waals surface area contributed by atoms with E-state index in [1.807, 2.05) is 25.1 Å². The largest absolute Gasteiger partial charge is 0.468 e. The predicted molar refractivity (Wildman–Crippen MR) is 79.9 cm³/mol. The van der Waals surface area contributed by atoms with Crippen molar-refractivity contribution in [1.82, 2.24) is 4.57 Å². The molecule has 1 amide bonds. The van der Waals surface area contributed by atoms with Gasteiger partial charge in [-0.05, 0) is 37.5 Å². The maximum Gasteiger partial charge on any atom is 0.325 e. The molecule has 0 radical (unpaired) electrons. The Morgan fingerprint density at radius 3 is 2.86 bits per heavy atom. The quantitative estimate of drug-likeness (QED) is 0.815. The third-order valence-corrected chi connectivity index (χ3v) is 4.53. The predicted octanol–water partition coefficient (Wildman–Crippen LogP) is 2.02. The van der Waals surface area contributed by atoms with Crippen molar-refractivity contribution in [2.75, 3.05) is 7.11 Å². The molecule has 1 aliphatic carbocycles. The van der Waals surface area contributed by atoms with E-state index in [1.165, 1.54) is 18.4 Å². The van der Waals surface area contributed by atoms with Gasteiger partial charge in [-0.25, -0.2) is 0 Å². The van der Waals surface area contributed by atoms with Crippen LogP contribution in [0.2, 0.25) is 0 Å². The molecule has 1 fully saturated rings. The minimum atomic E-state index is -0.351. The maximum absolute atomic E-state index is 11.9.